The minimum Gasteiger partial charge on any atom is -0.493 e. The third-order valence-corrected chi connectivity index (χ3v) is 3.05. The van der Waals surface area contributed by atoms with E-state index < -0.39 is 0 Å². The molecule has 0 bridgehead atoms. The molecule has 0 spiro atoms. The molecule has 0 fully saturated rings. The Morgan fingerprint density at radius 2 is 2.05 bits per heavy atom. The van der Waals surface area contributed by atoms with E-state index in [4.69, 9.17) is 37.8 Å². The van der Waals surface area contributed by atoms with Crippen LogP contribution in [-0.2, 0) is 6.42 Å². The Morgan fingerprint density at radius 1 is 1.30 bits per heavy atom. The van der Waals surface area contributed by atoms with Crippen LogP contribution in [-0.4, -0.2) is 24.9 Å². The van der Waals surface area contributed by atoms with Crippen molar-refractivity contribution in [1.82, 2.24) is 0 Å². The minimum absolute atomic E-state index is 0.132. The highest BCUT2D eigenvalue weighted by Gasteiger charge is 2.09. The molecule has 0 saturated carbocycles. The van der Waals surface area contributed by atoms with Gasteiger partial charge in [-0.15, -0.1) is 0 Å². The van der Waals surface area contributed by atoms with Crippen molar-refractivity contribution in [1.29, 1.82) is 0 Å². The lowest BCUT2D eigenvalue weighted by molar-refractivity contribution is 0.231. The van der Waals surface area contributed by atoms with E-state index in [1.54, 1.807) is 6.08 Å². The number of rotatable bonds is 8. The molecule has 0 aliphatic carbocycles. The Kier molecular flexibility index (Phi) is 7.82. The minimum atomic E-state index is 0.132. The lowest BCUT2D eigenvalue weighted by atomic mass is 10.1. The van der Waals surface area contributed by atoms with Gasteiger partial charge in [-0.2, -0.15) is 0 Å². The largest absolute Gasteiger partial charge is 0.493 e. The molecule has 0 aliphatic heterocycles. The van der Waals surface area contributed by atoms with Gasteiger partial charge < -0.3 is 14.6 Å². The standard InChI is InChI=1S/C15H20Cl2O3/c1-3-12-10-13(19-8-5-14(16)17)9-11(2)15(12)20-7-4-6-18/h5,9-10,18H,3-4,6-8H2,1-2H3. The number of aryl methyl sites for hydroxylation is 2. The van der Waals surface area contributed by atoms with E-state index >= 15 is 0 Å². The first-order valence-corrected chi connectivity index (χ1v) is 7.35. The molecule has 0 atom stereocenters. The molecule has 0 radical (unpaired) electrons. The van der Waals surface area contributed by atoms with Crippen LogP contribution in [0.25, 0.3) is 0 Å². The lowest BCUT2D eigenvalue weighted by Gasteiger charge is -2.15. The van der Waals surface area contributed by atoms with Gasteiger partial charge in [0.05, 0.1) is 6.61 Å². The van der Waals surface area contributed by atoms with Gasteiger partial charge in [0.1, 0.15) is 22.6 Å². The summed E-state index contributed by atoms with van der Waals surface area (Å²) in [6, 6.07) is 3.88. The van der Waals surface area contributed by atoms with Crippen LogP contribution in [0.5, 0.6) is 11.5 Å². The Bertz CT molecular complexity index is 455. The van der Waals surface area contributed by atoms with E-state index in [2.05, 4.69) is 6.92 Å². The smallest absolute Gasteiger partial charge is 0.125 e. The van der Waals surface area contributed by atoms with E-state index in [0.717, 1.165) is 29.0 Å². The summed E-state index contributed by atoms with van der Waals surface area (Å²) in [6.07, 6.45) is 3.06. The maximum atomic E-state index is 8.80. The average Bonchev–Trinajstić information content (AvgIpc) is 2.40. The molecular weight excluding hydrogens is 299 g/mol. The van der Waals surface area contributed by atoms with Crippen molar-refractivity contribution in [3.05, 3.63) is 33.8 Å². The number of hydrogen-bond acceptors (Lipinski definition) is 3. The number of hydrogen-bond donors (Lipinski definition) is 1. The molecule has 0 saturated heterocycles. The molecular formula is C15H20Cl2O3. The number of benzene rings is 1. The van der Waals surface area contributed by atoms with Crippen molar-refractivity contribution in [3.8, 4) is 11.5 Å². The monoisotopic (exact) mass is 318 g/mol. The molecule has 1 aromatic carbocycles. The molecule has 20 heavy (non-hydrogen) atoms. The number of halogens is 2. The molecule has 112 valence electrons. The molecule has 0 unspecified atom stereocenters. The fourth-order valence-electron chi connectivity index (χ4n) is 1.80. The fraction of sp³-hybridized carbons (Fsp3) is 0.467. The molecule has 0 aliphatic rings. The topological polar surface area (TPSA) is 38.7 Å². The Balaban J connectivity index is 2.81. The first kappa shape index (κ1) is 17.2. The average molecular weight is 319 g/mol. The van der Waals surface area contributed by atoms with Gasteiger partial charge in [-0.3, -0.25) is 0 Å². The molecule has 1 aromatic rings. The van der Waals surface area contributed by atoms with E-state index in [-0.39, 0.29) is 11.1 Å². The number of aliphatic hydroxyl groups excluding tert-OH is 1. The van der Waals surface area contributed by atoms with Gasteiger partial charge in [0.15, 0.2) is 0 Å². The predicted molar refractivity (Wildman–Crippen MR) is 83.0 cm³/mol. The zero-order valence-corrected chi connectivity index (χ0v) is 13.3. The van der Waals surface area contributed by atoms with Crippen molar-refractivity contribution in [2.75, 3.05) is 19.8 Å². The summed E-state index contributed by atoms with van der Waals surface area (Å²) in [4.78, 5) is 0. The van der Waals surface area contributed by atoms with Gasteiger partial charge in [-0.1, -0.05) is 30.1 Å². The van der Waals surface area contributed by atoms with Crippen LogP contribution >= 0.6 is 23.2 Å². The van der Waals surface area contributed by atoms with Crippen molar-refractivity contribution < 1.29 is 14.6 Å². The third-order valence-electron chi connectivity index (χ3n) is 2.74. The highest BCUT2D eigenvalue weighted by molar-refractivity contribution is 6.55. The number of aliphatic hydroxyl groups is 1. The van der Waals surface area contributed by atoms with E-state index in [0.29, 0.717) is 19.6 Å². The Hall–Kier alpha value is -0.900. The van der Waals surface area contributed by atoms with Gasteiger partial charge in [0.2, 0.25) is 0 Å². The summed E-state index contributed by atoms with van der Waals surface area (Å²) in [5.74, 6) is 1.64. The first-order chi connectivity index (χ1) is 9.58. The predicted octanol–water partition coefficient (Wildman–Crippen LogP) is 4.02. The molecule has 0 amide bonds. The van der Waals surface area contributed by atoms with Crippen LogP contribution in [0, 0.1) is 6.92 Å². The molecule has 1 N–H and O–H groups in total. The van der Waals surface area contributed by atoms with E-state index in [1.165, 1.54) is 0 Å². The van der Waals surface area contributed by atoms with Gasteiger partial charge in [0.25, 0.3) is 0 Å². The Morgan fingerprint density at radius 3 is 2.65 bits per heavy atom. The van der Waals surface area contributed by atoms with Crippen molar-refractivity contribution in [2.45, 2.75) is 26.7 Å². The second kappa shape index (κ2) is 9.11. The molecule has 0 heterocycles. The van der Waals surface area contributed by atoms with Gasteiger partial charge in [-0.25, -0.2) is 0 Å². The van der Waals surface area contributed by atoms with Crippen molar-refractivity contribution >= 4 is 23.2 Å². The van der Waals surface area contributed by atoms with Gasteiger partial charge in [-0.05, 0) is 42.7 Å². The van der Waals surface area contributed by atoms with Crippen molar-refractivity contribution in [3.63, 3.8) is 0 Å². The maximum absolute atomic E-state index is 8.80. The summed E-state index contributed by atoms with van der Waals surface area (Å²) in [5, 5.41) is 8.80. The van der Waals surface area contributed by atoms with Crippen LogP contribution in [0.3, 0.4) is 0 Å². The first-order valence-electron chi connectivity index (χ1n) is 6.59. The van der Waals surface area contributed by atoms with Crippen molar-refractivity contribution in [2.24, 2.45) is 0 Å². The number of ether oxygens (including phenoxy) is 2. The van der Waals surface area contributed by atoms with E-state index in [1.807, 2.05) is 19.1 Å². The quantitative estimate of drug-likeness (QED) is 0.736. The molecule has 5 heteroatoms. The zero-order chi connectivity index (χ0) is 15.0. The summed E-state index contributed by atoms with van der Waals surface area (Å²) in [7, 11) is 0. The Labute approximate surface area is 130 Å². The van der Waals surface area contributed by atoms with Crippen LogP contribution in [0.2, 0.25) is 0 Å². The normalized spacial score (nSPS) is 10.2. The summed E-state index contributed by atoms with van der Waals surface area (Å²) in [6.45, 7) is 5.01. The fourth-order valence-corrected chi connectivity index (χ4v) is 1.93. The SMILES string of the molecule is CCc1cc(OCC=C(Cl)Cl)cc(C)c1OCCCO. The summed E-state index contributed by atoms with van der Waals surface area (Å²) < 4.78 is 11.5. The molecule has 0 aromatic heterocycles. The zero-order valence-electron chi connectivity index (χ0n) is 11.8. The third kappa shape index (κ3) is 5.61. The van der Waals surface area contributed by atoms with Gasteiger partial charge in [0, 0.05) is 13.0 Å². The molecule has 3 nitrogen and oxygen atoms in total. The second-order valence-corrected chi connectivity index (χ2v) is 5.32. The van der Waals surface area contributed by atoms with Crippen LogP contribution in [0.1, 0.15) is 24.5 Å². The summed E-state index contributed by atoms with van der Waals surface area (Å²) >= 11 is 11.1. The van der Waals surface area contributed by atoms with Crippen LogP contribution in [0.15, 0.2) is 22.7 Å². The van der Waals surface area contributed by atoms with Crippen LogP contribution in [0.4, 0.5) is 0 Å². The maximum Gasteiger partial charge on any atom is 0.125 e. The van der Waals surface area contributed by atoms with Crippen LogP contribution < -0.4 is 9.47 Å². The van der Waals surface area contributed by atoms with E-state index in [9.17, 15) is 0 Å². The highest BCUT2D eigenvalue weighted by Crippen LogP contribution is 2.29. The lowest BCUT2D eigenvalue weighted by Crippen LogP contribution is -2.04. The second-order valence-electron chi connectivity index (χ2n) is 4.31. The molecule has 1 rings (SSSR count). The summed E-state index contributed by atoms with van der Waals surface area (Å²) in [5.41, 5.74) is 2.09. The highest BCUT2D eigenvalue weighted by atomic mass is 35.5. The van der Waals surface area contributed by atoms with Gasteiger partial charge >= 0.3 is 0 Å².